The monoisotopic (exact) mass is 311 g/mol. The van der Waals surface area contributed by atoms with Crippen molar-refractivity contribution in [3.8, 4) is 0 Å². The molecule has 1 aromatic carbocycles. The summed E-state index contributed by atoms with van der Waals surface area (Å²) in [5.74, 6) is -0.393. The van der Waals surface area contributed by atoms with Gasteiger partial charge < -0.3 is 9.64 Å². The molecule has 1 aliphatic heterocycles. The Hall–Kier alpha value is -1.36. The van der Waals surface area contributed by atoms with Crippen LogP contribution in [0.15, 0.2) is 18.2 Å². The number of halogens is 1. The molecular weight excluding hydrogens is 298 g/mol. The van der Waals surface area contributed by atoms with E-state index in [1.807, 2.05) is 13.0 Å². The van der Waals surface area contributed by atoms with E-state index in [9.17, 15) is 9.59 Å². The van der Waals surface area contributed by atoms with Crippen molar-refractivity contribution < 1.29 is 14.3 Å². The number of benzene rings is 1. The Morgan fingerprint density at radius 3 is 2.78 bits per heavy atom. The van der Waals surface area contributed by atoms with E-state index in [0.29, 0.717) is 24.2 Å². The molecule has 1 atom stereocenters. The molecular formula is C13H14BrNO3. The normalized spacial score (nSPS) is 19.2. The molecule has 96 valence electrons. The lowest BCUT2D eigenvalue weighted by Gasteiger charge is -2.21. The van der Waals surface area contributed by atoms with Crippen molar-refractivity contribution in [2.45, 2.75) is 18.2 Å². The van der Waals surface area contributed by atoms with Crippen LogP contribution in [0, 0.1) is 6.92 Å². The van der Waals surface area contributed by atoms with E-state index in [1.54, 1.807) is 17.0 Å². The minimum absolute atomic E-state index is 0.0244. The predicted molar refractivity (Wildman–Crippen MR) is 72.2 cm³/mol. The van der Waals surface area contributed by atoms with E-state index in [0.717, 1.165) is 5.56 Å². The standard InChI is InChI=1S/C13H14BrNO3/c1-8-4-3-5-10(13(17)18-2)12(8)15-7-9(14)6-11(15)16/h3-5,9H,6-7H2,1-2H3. The second-order valence-electron chi connectivity index (χ2n) is 4.27. The van der Waals surface area contributed by atoms with Crippen molar-refractivity contribution in [3.05, 3.63) is 29.3 Å². The summed E-state index contributed by atoms with van der Waals surface area (Å²) in [4.78, 5) is 25.5. The fourth-order valence-corrected chi connectivity index (χ4v) is 2.74. The summed E-state index contributed by atoms with van der Waals surface area (Å²) in [6.45, 7) is 2.46. The number of esters is 1. The third kappa shape index (κ3) is 2.27. The summed E-state index contributed by atoms with van der Waals surface area (Å²) in [6, 6.07) is 5.36. The van der Waals surface area contributed by atoms with Crippen molar-refractivity contribution in [2.24, 2.45) is 0 Å². The highest BCUT2D eigenvalue weighted by Crippen LogP contribution is 2.31. The molecule has 4 nitrogen and oxygen atoms in total. The zero-order chi connectivity index (χ0) is 13.3. The number of aryl methyl sites for hydroxylation is 1. The van der Waals surface area contributed by atoms with Crippen LogP contribution in [0.1, 0.15) is 22.3 Å². The van der Waals surface area contributed by atoms with Crippen molar-refractivity contribution in [3.63, 3.8) is 0 Å². The highest BCUT2D eigenvalue weighted by atomic mass is 79.9. The van der Waals surface area contributed by atoms with Gasteiger partial charge in [0.15, 0.2) is 0 Å². The highest BCUT2D eigenvalue weighted by Gasteiger charge is 2.32. The van der Waals surface area contributed by atoms with Crippen molar-refractivity contribution in [2.75, 3.05) is 18.6 Å². The summed E-state index contributed by atoms with van der Waals surface area (Å²) in [5.41, 5.74) is 2.00. The number of methoxy groups -OCH3 is 1. The van der Waals surface area contributed by atoms with Crippen LogP contribution >= 0.6 is 15.9 Å². The topological polar surface area (TPSA) is 46.6 Å². The lowest BCUT2D eigenvalue weighted by atomic mass is 10.1. The second-order valence-corrected chi connectivity index (χ2v) is 5.56. The van der Waals surface area contributed by atoms with Crippen LogP contribution in [-0.2, 0) is 9.53 Å². The molecule has 1 unspecified atom stereocenters. The number of hydrogen-bond acceptors (Lipinski definition) is 3. The summed E-state index contributed by atoms with van der Waals surface area (Å²) < 4.78 is 4.76. The number of carbonyl (C=O) groups excluding carboxylic acids is 2. The molecule has 5 heteroatoms. The average molecular weight is 312 g/mol. The molecule has 0 saturated carbocycles. The summed E-state index contributed by atoms with van der Waals surface area (Å²) in [5, 5.41) is 0. The van der Waals surface area contributed by atoms with E-state index in [1.165, 1.54) is 7.11 Å². The van der Waals surface area contributed by atoms with Gasteiger partial charge in [-0.05, 0) is 18.6 Å². The number of alkyl halides is 1. The molecule has 1 aromatic rings. The van der Waals surface area contributed by atoms with E-state index < -0.39 is 5.97 Å². The van der Waals surface area contributed by atoms with Crippen LogP contribution in [0.3, 0.4) is 0 Å². The van der Waals surface area contributed by atoms with E-state index in [4.69, 9.17) is 4.74 Å². The Kier molecular flexibility index (Phi) is 3.71. The number of para-hydroxylation sites is 1. The minimum Gasteiger partial charge on any atom is -0.465 e. The van der Waals surface area contributed by atoms with Crippen molar-refractivity contribution in [1.82, 2.24) is 0 Å². The van der Waals surface area contributed by atoms with Gasteiger partial charge in [0.25, 0.3) is 0 Å². The van der Waals surface area contributed by atoms with Gasteiger partial charge in [0, 0.05) is 17.8 Å². The third-order valence-corrected chi connectivity index (χ3v) is 3.60. The Labute approximate surface area is 114 Å². The molecule has 0 aromatic heterocycles. The smallest absolute Gasteiger partial charge is 0.339 e. The second kappa shape index (κ2) is 5.10. The highest BCUT2D eigenvalue weighted by molar-refractivity contribution is 9.09. The van der Waals surface area contributed by atoms with Gasteiger partial charge in [-0.1, -0.05) is 28.1 Å². The first kappa shape index (κ1) is 13.1. The molecule has 18 heavy (non-hydrogen) atoms. The largest absolute Gasteiger partial charge is 0.465 e. The maximum absolute atomic E-state index is 11.9. The van der Waals surface area contributed by atoms with E-state index in [-0.39, 0.29) is 10.7 Å². The molecule has 0 bridgehead atoms. The average Bonchev–Trinajstić information content (AvgIpc) is 2.67. The number of hydrogen-bond donors (Lipinski definition) is 0. The van der Waals surface area contributed by atoms with Crippen LogP contribution in [0.5, 0.6) is 0 Å². The lowest BCUT2D eigenvalue weighted by Crippen LogP contribution is -2.27. The Bertz CT molecular complexity index is 501. The van der Waals surface area contributed by atoms with Gasteiger partial charge in [-0.15, -0.1) is 0 Å². The number of anilines is 1. The van der Waals surface area contributed by atoms with Crippen molar-refractivity contribution in [1.29, 1.82) is 0 Å². The van der Waals surface area contributed by atoms with Crippen LogP contribution in [0.2, 0.25) is 0 Å². The quantitative estimate of drug-likeness (QED) is 0.622. The Morgan fingerprint density at radius 2 is 2.22 bits per heavy atom. The van der Waals surface area contributed by atoms with Crippen LogP contribution in [0.4, 0.5) is 5.69 Å². The van der Waals surface area contributed by atoms with Crippen LogP contribution < -0.4 is 4.90 Å². The first-order valence-electron chi connectivity index (χ1n) is 5.67. The third-order valence-electron chi connectivity index (χ3n) is 2.99. The molecule has 0 radical (unpaired) electrons. The molecule has 1 fully saturated rings. The minimum atomic E-state index is -0.417. The van der Waals surface area contributed by atoms with E-state index >= 15 is 0 Å². The van der Waals surface area contributed by atoms with Gasteiger partial charge in [0.2, 0.25) is 5.91 Å². The Morgan fingerprint density at radius 1 is 1.50 bits per heavy atom. The molecule has 1 saturated heterocycles. The number of ether oxygens (including phenoxy) is 1. The fourth-order valence-electron chi connectivity index (χ4n) is 2.17. The maximum atomic E-state index is 11.9. The van der Waals surface area contributed by atoms with Crippen LogP contribution in [0.25, 0.3) is 0 Å². The lowest BCUT2D eigenvalue weighted by molar-refractivity contribution is -0.117. The molecule has 0 spiro atoms. The molecule has 1 aliphatic rings. The van der Waals surface area contributed by atoms with Gasteiger partial charge >= 0.3 is 5.97 Å². The van der Waals surface area contributed by atoms with Gasteiger partial charge in [-0.2, -0.15) is 0 Å². The fraction of sp³-hybridized carbons (Fsp3) is 0.385. The molecule has 0 aliphatic carbocycles. The summed E-state index contributed by atoms with van der Waals surface area (Å²) in [7, 11) is 1.34. The number of amides is 1. The first-order chi connectivity index (χ1) is 8.54. The first-order valence-corrected chi connectivity index (χ1v) is 6.58. The summed E-state index contributed by atoms with van der Waals surface area (Å²) in [6.07, 6.45) is 0.453. The van der Waals surface area contributed by atoms with E-state index in [2.05, 4.69) is 15.9 Å². The van der Waals surface area contributed by atoms with Gasteiger partial charge in [0.05, 0.1) is 18.4 Å². The number of carbonyl (C=O) groups is 2. The maximum Gasteiger partial charge on any atom is 0.339 e. The zero-order valence-electron chi connectivity index (χ0n) is 10.3. The molecule has 1 heterocycles. The van der Waals surface area contributed by atoms with Gasteiger partial charge in [0.1, 0.15) is 0 Å². The van der Waals surface area contributed by atoms with Crippen LogP contribution in [-0.4, -0.2) is 30.4 Å². The zero-order valence-corrected chi connectivity index (χ0v) is 11.9. The van der Waals surface area contributed by atoms with Gasteiger partial charge in [-0.3, -0.25) is 4.79 Å². The SMILES string of the molecule is COC(=O)c1cccc(C)c1N1CC(Br)CC1=O. The number of nitrogens with zero attached hydrogens (tertiary/aromatic N) is 1. The molecule has 2 rings (SSSR count). The number of rotatable bonds is 2. The molecule has 0 N–H and O–H groups in total. The van der Waals surface area contributed by atoms with Crippen molar-refractivity contribution >= 4 is 33.5 Å². The Balaban J connectivity index is 2.49. The molecule has 1 amide bonds. The summed E-state index contributed by atoms with van der Waals surface area (Å²) >= 11 is 3.44. The predicted octanol–water partition coefficient (Wildman–Crippen LogP) is 2.28. The van der Waals surface area contributed by atoms with Gasteiger partial charge in [-0.25, -0.2) is 4.79 Å².